The Balaban J connectivity index is 1.52. The van der Waals surface area contributed by atoms with Gasteiger partial charge in [0.05, 0.1) is 28.8 Å². The van der Waals surface area contributed by atoms with Crippen LogP contribution >= 0.6 is 11.3 Å². The standard InChI is InChI=1S/C17H18N4O4S2/c1-25-12-4-7-14-15(8-12)26-17(21-14)20-10-16(22)19-9-11-2-5-13(6-3-11)27(18,23)24/h2-8H,9-10H2,1H3,(H,19,22)(H,20,21)(H2,18,23,24). The summed E-state index contributed by atoms with van der Waals surface area (Å²) < 4.78 is 28.6. The summed E-state index contributed by atoms with van der Waals surface area (Å²) in [5.41, 5.74) is 1.60. The zero-order chi connectivity index (χ0) is 19.4. The molecule has 0 atom stereocenters. The number of carbonyl (C=O) groups excluding carboxylic acids is 1. The van der Waals surface area contributed by atoms with E-state index in [2.05, 4.69) is 15.6 Å². The van der Waals surface area contributed by atoms with Crippen LogP contribution < -0.4 is 20.5 Å². The van der Waals surface area contributed by atoms with Crippen LogP contribution in [0.1, 0.15) is 5.56 Å². The molecule has 0 fully saturated rings. The highest BCUT2D eigenvalue weighted by molar-refractivity contribution is 7.89. The summed E-state index contributed by atoms with van der Waals surface area (Å²) >= 11 is 1.44. The van der Waals surface area contributed by atoms with Crippen molar-refractivity contribution in [2.24, 2.45) is 5.14 Å². The first-order chi connectivity index (χ1) is 12.8. The molecule has 10 heteroatoms. The maximum absolute atomic E-state index is 12.0. The molecule has 0 aliphatic heterocycles. The zero-order valence-electron chi connectivity index (χ0n) is 14.4. The maximum Gasteiger partial charge on any atom is 0.239 e. The van der Waals surface area contributed by atoms with Crippen LogP contribution in [0.3, 0.4) is 0 Å². The lowest BCUT2D eigenvalue weighted by Crippen LogP contribution is -2.29. The monoisotopic (exact) mass is 406 g/mol. The van der Waals surface area contributed by atoms with Crippen LogP contribution in [0.4, 0.5) is 5.13 Å². The number of aromatic nitrogens is 1. The van der Waals surface area contributed by atoms with Crippen LogP contribution in [0.2, 0.25) is 0 Å². The van der Waals surface area contributed by atoms with Gasteiger partial charge in [-0.25, -0.2) is 18.5 Å². The Labute approximate surface area is 160 Å². The number of nitrogens with zero attached hydrogens (tertiary/aromatic N) is 1. The van der Waals surface area contributed by atoms with Gasteiger partial charge in [-0.1, -0.05) is 23.5 Å². The Morgan fingerprint density at radius 2 is 1.96 bits per heavy atom. The molecule has 0 aliphatic rings. The molecule has 0 unspecified atom stereocenters. The predicted molar refractivity (Wildman–Crippen MR) is 104 cm³/mol. The first-order valence-corrected chi connectivity index (χ1v) is 10.3. The fourth-order valence-corrected chi connectivity index (χ4v) is 3.73. The topological polar surface area (TPSA) is 123 Å². The van der Waals surface area contributed by atoms with Crippen molar-refractivity contribution < 1.29 is 17.9 Å². The summed E-state index contributed by atoms with van der Waals surface area (Å²) in [4.78, 5) is 16.4. The van der Waals surface area contributed by atoms with Gasteiger partial charge in [0.25, 0.3) is 0 Å². The molecule has 0 saturated heterocycles. The Kier molecular flexibility index (Phi) is 5.59. The number of sulfonamides is 1. The van der Waals surface area contributed by atoms with Gasteiger partial charge in [-0.2, -0.15) is 0 Å². The Morgan fingerprint density at radius 3 is 2.63 bits per heavy atom. The molecule has 1 amide bonds. The molecule has 0 spiro atoms. The third-order valence-corrected chi connectivity index (χ3v) is 5.64. The average Bonchev–Trinajstić information content (AvgIpc) is 3.06. The molecule has 142 valence electrons. The molecular formula is C17H18N4O4S2. The van der Waals surface area contributed by atoms with Crippen LogP contribution in [-0.4, -0.2) is 33.0 Å². The second-order valence-corrected chi connectivity index (χ2v) is 8.26. The number of hydrogen-bond acceptors (Lipinski definition) is 7. The van der Waals surface area contributed by atoms with E-state index in [4.69, 9.17) is 9.88 Å². The van der Waals surface area contributed by atoms with E-state index in [1.165, 1.54) is 23.5 Å². The average molecular weight is 406 g/mol. The van der Waals surface area contributed by atoms with Gasteiger partial charge in [0, 0.05) is 6.54 Å². The minimum atomic E-state index is -3.72. The number of primary sulfonamides is 1. The highest BCUT2D eigenvalue weighted by Gasteiger charge is 2.09. The number of methoxy groups -OCH3 is 1. The molecule has 3 rings (SSSR count). The molecule has 1 aromatic heterocycles. The van der Waals surface area contributed by atoms with Crippen molar-refractivity contribution in [3.05, 3.63) is 48.0 Å². The Morgan fingerprint density at radius 1 is 1.22 bits per heavy atom. The fraction of sp³-hybridized carbons (Fsp3) is 0.176. The van der Waals surface area contributed by atoms with Crippen molar-refractivity contribution in [3.63, 3.8) is 0 Å². The van der Waals surface area contributed by atoms with Crippen molar-refractivity contribution >= 4 is 42.6 Å². The van der Waals surface area contributed by atoms with Crippen LogP contribution in [-0.2, 0) is 21.4 Å². The van der Waals surface area contributed by atoms with Gasteiger partial charge in [0.1, 0.15) is 5.75 Å². The molecule has 2 aromatic carbocycles. The first kappa shape index (κ1) is 19.1. The molecule has 8 nitrogen and oxygen atoms in total. The number of anilines is 1. The van der Waals surface area contributed by atoms with E-state index in [1.54, 1.807) is 19.2 Å². The minimum absolute atomic E-state index is 0.0340. The quantitative estimate of drug-likeness (QED) is 0.548. The molecule has 3 aromatic rings. The molecule has 4 N–H and O–H groups in total. The molecule has 0 radical (unpaired) electrons. The van der Waals surface area contributed by atoms with E-state index in [0.29, 0.717) is 5.13 Å². The number of benzene rings is 2. The zero-order valence-corrected chi connectivity index (χ0v) is 16.1. The van der Waals surface area contributed by atoms with E-state index in [9.17, 15) is 13.2 Å². The molecule has 0 aliphatic carbocycles. The summed E-state index contributed by atoms with van der Waals surface area (Å²) in [7, 11) is -2.11. The number of carbonyl (C=O) groups is 1. The lowest BCUT2D eigenvalue weighted by molar-refractivity contribution is -0.119. The van der Waals surface area contributed by atoms with Gasteiger partial charge < -0.3 is 15.4 Å². The van der Waals surface area contributed by atoms with Gasteiger partial charge in [-0.05, 0) is 35.9 Å². The van der Waals surface area contributed by atoms with Crippen LogP contribution in [0, 0.1) is 0 Å². The van der Waals surface area contributed by atoms with Gasteiger partial charge in [-0.3, -0.25) is 4.79 Å². The predicted octanol–water partition coefficient (Wildman–Crippen LogP) is 1.68. The first-order valence-electron chi connectivity index (χ1n) is 7.92. The third-order valence-electron chi connectivity index (χ3n) is 3.74. The largest absolute Gasteiger partial charge is 0.497 e. The van der Waals surface area contributed by atoms with Crippen molar-refractivity contribution in [3.8, 4) is 5.75 Å². The number of fused-ring (bicyclic) bond motifs is 1. The van der Waals surface area contributed by atoms with Crippen molar-refractivity contribution in [2.45, 2.75) is 11.4 Å². The van der Waals surface area contributed by atoms with Gasteiger partial charge in [0.2, 0.25) is 15.9 Å². The Bertz CT molecular complexity index is 1060. The summed E-state index contributed by atoms with van der Waals surface area (Å²) in [6.45, 7) is 0.356. The van der Waals surface area contributed by atoms with Crippen LogP contribution in [0.5, 0.6) is 5.75 Å². The van der Waals surface area contributed by atoms with Crippen LogP contribution in [0.25, 0.3) is 10.2 Å². The van der Waals surface area contributed by atoms with E-state index in [0.717, 1.165) is 21.5 Å². The highest BCUT2D eigenvalue weighted by atomic mass is 32.2. The van der Waals surface area contributed by atoms with E-state index in [1.807, 2.05) is 18.2 Å². The van der Waals surface area contributed by atoms with Gasteiger partial charge >= 0.3 is 0 Å². The summed E-state index contributed by atoms with van der Waals surface area (Å²) in [5.74, 6) is 0.547. The molecule has 27 heavy (non-hydrogen) atoms. The number of thiazole rings is 1. The molecule has 0 saturated carbocycles. The van der Waals surface area contributed by atoms with E-state index in [-0.39, 0.29) is 23.9 Å². The summed E-state index contributed by atoms with van der Waals surface area (Å²) in [5, 5.41) is 11.4. The number of nitrogens with two attached hydrogens (primary N) is 1. The SMILES string of the molecule is COc1ccc2nc(NCC(=O)NCc3ccc(S(N)(=O)=O)cc3)sc2c1. The van der Waals surface area contributed by atoms with Crippen molar-refractivity contribution in [1.82, 2.24) is 10.3 Å². The third kappa shape index (κ3) is 4.94. The summed E-state index contributed by atoms with van der Waals surface area (Å²) in [6, 6.07) is 11.6. The molecular weight excluding hydrogens is 388 g/mol. The van der Waals surface area contributed by atoms with Gasteiger partial charge in [-0.15, -0.1) is 0 Å². The Hall–Kier alpha value is -2.69. The molecule has 1 heterocycles. The number of rotatable bonds is 7. The number of amides is 1. The second kappa shape index (κ2) is 7.91. The smallest absolute Gasteiger partial charge is 0.239 e. The van der Waals surface area contributed by atoms with Gasteiger partial charge in [0.15, 0.2) is 5.13 Å². The maximum atomic E-state index is 12.0. The van der Waals surface area contributed by atoms with Crippen molar-refractivity contribution in [1.29, 1.82) is 0 Å². The van der Waals surface area contributed by atoms with E-state index < -0.39 is 10.0 Å². The van der Waals surface area contributed by atoms with E-state index >= 15 is 0 Å². The van der Waals surface area contributed by atoms with Crippen molar-refractivity contribution in [2.75, 3.05) is 19.0 Å². The molecule has 0 bridgehead atoms. The number of nitrogens with one attached hydrogen (secondary N) is 2. The lowest BCUT2D eigenvalue weighted by Gasteiger charge is -2.06. The summed E-state index contributed by atoms with van der Waals surface area (Å²) in [6.07, 6.45) is 0. The number of hydrogen-bond donors (Lipinski definition) is 3. The fourth-order valence-electron chi connectivity index (χ4n) is 2.32. The van der Waals surface area contributed by atoms with Crippen LogP contribution in [0.15, 0.2) is 47.4 Å². The highest BCUT2D eigenvalue weighted by Crippen LogP contribution is 2.28. The second-order valence-electron chi connectivity index (χ2n) is 5.67. The number of ether oxygens (including phenoxy) is 1. The lowest BCUT2D eigenvalue weighted by atomic mass is 10.2. The minimum Gasteiger partial charge on any atom is -0.497 e. The normalized spacial score (nSPS) is 11.3.